The predicted octanol–water partition coefficient (Wildman–Crippen LogP) is 5.21. The summed E-state index contributed by atoms with van der Waals surface area (Å²) in [7, 11) is 0. The molecule has 0 atom stereocenters. The van der Waals surface area contributed by atoms with Gasteiger partial charge < -0.3 is 15.2 Å². The molecule has 1 aliphatic heterocycles. The van der Waals surface area contributed by atoms with Crippen LogP contribution in [0.15, 0.2) is 59.8 Å². The molecule has 2 aromatic heterocycles. The van der Waals surface area contributed by atoms with Gasteiger partial charge in [-0.15, -0.1) is 0 Å². The number of rotatable bonds is 6. The molecule has 0 fully saturated rings. The molecular weight excluding hydrogens is 479 g/mol. The fourth-order valence-corrected chi connectivity index (χ4v) is 4.73. The van der Waals surface area contributed by atoms with E-state index in [0.29, 0.717) is 45.8 Å². The van der Waals surface area contributed by atoms with Gasteiger partial charge in [-0.3, -0.25) is 9.78 Å². The van der Waals surface area contributed by atoms with Gasteiger partial charge in [0.25, 0.3) is 0 Å². The summed E-state index contributed by atoms with van der Waals surface area (Å²) in [5.74, 6) is 0.962. The number of pyridine rings is 1. The van der Waals surface area contributed by atoms with Crippen LogP contribution in [-0.4, -0.2) is 31.7 Å². The van der Waals surface area contributed by atoms with Gasteiger partial charge >= 0.3 is 0 Å². The molecule has 4 aromatic rings. The number of benzene rings is 2. The molecule has 182 valence electrons. The van der Waals surface area contributed by atoms with E-state index in [1.807, 2.05) is 38.1 Å². The molecule has 0 bridgehead atoms. The Morgan fingerprint density at radius 2 is 1.83 bits per heavy atom. The Kier molecular flexibility index (Phi) is 6.67. The Balaban J connectivity index is 1.48. The van der Waals surface area contributed by atoms with Crippen molar-refractivity contribution in [3.8, 4) is 23.0 Å². The van der Waals surface area contributed by atoms with Gasteiger partial charge in [-0.25, -0.2) is 9.37 Å². The molecule has 0 unspecified atom stereocenters. The van der Waals surface area contributed by atoms with Crippen molar-refractivity contribution in [1.29, 1.82) is 0 Å². The van der Waals surface area contributed by atoms with E-state index < -0.39 is 0 Å². The minimum Gasteiger partial charge on any atom is -0.436 e. The van der Waals surface area contributed by atoms with Gasteiger partial charge in [0.1, 0.15) is 10.8 Å². The average Bonchev–Trinajstić information content (AvgIpc) is 2.88. The predicted molar refractivity (Wildman–Crippen MR) is 136 cm³/mol. The second-order valence-electron chi connectivity index (χ2n) is 8.46. The largest absolute Gasteiger partial charge is 0.436 e. The lowest BCUT2D eigenvalue weighted by Crippen LogP contribution is -2.16. The molecule has 1 aliphatic rings. The van der Waals surface area contributed by atoms with E-state index in [2.05, 4.69) is 10.3 Å². The number of aliphatic hydroxyl groups is 1. The van der Waals surface area contributed by atoms with E-state index in [0.717, 1.165) is 22.3 Å². The van der Waals surface area contributed by atoms with Crippen molar-refractivity contribution in [2.45, 2.75) is 31.9 Å². The van der Waals surface area contributed by atoms with Gasteiger partial charge in [0.2, 0.25) is 11.8 Å². The van der Waals surface area contributed by atoms with Gasteiger partial charge in [-0.1, -0.05) is 41.6 Å². The van der Waals surface area contributed by atoms with Crippen LogP contribution in [0, 0.1) is 19.7 Å². The van der Waals surface area contributed by atoms with Crippen molar-refractivity contribution >= 4 is 23.4 Å². The number of hydrogen-bond acceptors (Lipinski definition) is 7. The summed E-state index contributed by atoms with van der Waals surface area (Å²) >= 11 is 1.27. The highest BCUT2D eigenvalue weighted by molar-refractivity contribution is 8.00. The van der Waals surface area contributed by atoms with Crippen LogP contribution >= 0.6 is 11.8 Å². The lowest BCUT2D eigenvalue weighted by molar-refractivity contribution is -0.113. The quantitative estimate of drug-likeness (QED) is 0.243. The number of hydrogen-bond donors (Lipinski definition) is 2. The van der Waals surface area contributed by atoms with E-state index >= 15 is 0 Å². The first-order chi connectivity index (χ1) is 17.4. The fourth-order valence-electron chi connectivity index (χ4n) is 3.91. The highest BCUT2D eigenvalue weighted by atomic mass is 32.2. The maximum absolute atomic E-state index is 13.2. The molecule has 2 N–H and O–H groups in total. The van der Waals surface area contributed by atoms with Gasteiger partial charge in [-0.05, 0) is 38.1 Å². The van der Waals surface area contributed by atoms with E-state index in [1.54, 1.807) is 6.20 Å². The Morgan fingerprint density at radius 3 is 2.56 bits per heavy atom. The molecule has 3 heterocycles. The molecule has 2 aromatic carbocycles. The number of ether oxygens (including phenoxy) is 1. The van der Waals surface area contributed by atoms with Crippen LogP contribution in [0.25, 0.3) is 11.4 Å². The lowest BCUT2D eigenvalue weighted by Gasteiger charge is -2.24. The molecule has 0 saturated heterocycles. The van der Waals surface area contributed by atoms with E-state index in [9.17, 15) is 14.3 Å². The first-order valence-electron chi connectivity index (χ1n) is 11.3. The summed E-state index contributed by atoms with van der Waals surface area (Å²) < 4.78 is 19.4. The second-order valence-corrected chi connectivity index (χ2v) is 9.42. The third-order valence-electron chi connectivity index (χ3n) is 5.84. The Morgan fingerprint density at radius 1 is 1.08 bits per heavy atom. The Hall–Kier alpha value is -3.82. The summed E-state index contributed by atoms with van der Waals surface area (Å²) in [6, 6.07) is 13.5. The van der Waals surface area contributed by atoms with Crippen LogP contribution < -0.4 is 10.1 Å². The van der Waals surface area contributed by atoms with E-state index in [4.69, 9.17) is 14.7 Å². The topological polar surface area (TPSA) is 97.2 Å². The number of aliphatic hydroxyl groups excluding tert-OH is 1. The number of nitrogens with one attached hydrogen (secondary N) is 1. The van der Waals surface area contributed by atoms with Crippen LogP contribution in [0.3, 0.4) is 0 Å². The number of aromatic nitrogens is 3. The number of halogens is 1. The molecule has 0 saturated carbocycles. The van der Waals surface area contributed by atoms with Crippen LogP contribution in [0.4, 0.5) is 10.1 Å². The molecule has 0 radical (unpaired) electrons. The number of nitrogens with zero attached hydrogens (tertiary/aromatic N) is 3. The number of amides is 1. The highest BCUT2D eigenvalue weighted by Crippen LogP contribution is 2.42. The number of anilines is 1. The molecule has 7 nitrogen and oxygen atoms in total. The fraction of sp³-hybridized carbons (Fsp3) is 0.185. The summed E-state index contributed by atoms with van der Waals surface area (Å²) in [4.78, 5) is 26.5. The van der Waals surface area contributed by atoms with Crippen molar-refractivity contribution in [1.82, 2.24) is 15.0 Å². The Bertz CT molecular complexity index is 1440. The summed E-state index contributed by atoms with van der Waals surface area (Å²) in [6.45, 7) is 3.69. The van der Waals surface area contributed by atoms with Crippen molar-refractivity contribution in [2.24, 2.45) is 0 Å². The minimum absolute atomic E-state index is 0.0866. The maximum atomic E-state index is 13.2. The van der Waals surface area contributed by atoms with Crippen LogP contribution in [-0.2, 0) is 17.8 Å². The molecule has 0 aliphatic carbocycles. The third kappa shape index (κ3) is 4.93. The standard InChI is InChI=1S/C27H23FN4O3S/c1-15-3-5-17(6-4-15)25-31-26-22(11-21-18(13-33)12-29-16(2)24(21)35-26)27(32-25)36-14-23(34)30-20-9-7-19(28)8-10-20/h3-10,12,33H,11,13-14H2,1-2H3,(H,30,34). The first kappa shape index (κ1) is 23.9. The van der Waals surface area contributed by atoms with E-state index in [1.165, 1.54) is 36.0 Å². The van der Waals surface area contributed by atoms with Crippen molar-refractivity contribution in [3.63, 3.8) is 0 Å². The van der Waals surface area contributed by atoms with Gasteiger partial charge in [-0.2, -0.15) is 4.98 Å². The molecule has 5 rings (SSSR count). The molecule has 36 heavy (non-hydrogen) atoms. The van der Waals surface area contributed by atoms with Crippen LogP contribution in [0.5, 0.6) is 11.6 Å². The highest BCUT2D eigenvalue weighted by Gasteiger charge is 2.28. The zero-order valence-corrected chi connectivity index (χ0v) is 20.5. The summed E-state index contributed by atoms with van der Waals surface area (Å²) in [5.41, 5.74) is 5.42. The van der Waals surface area contributed by atoms with Crippen molar-refractivity contribution < 1.29 is 19.0 Å². The smallest absolute Gasteiger partial charge is 0.234 e. The van der Waals surface area contributed by atoms with Crippen molar-refractivity contribution in [3.05, 3.63) is 88.5 Å². The third-order valence-corrected chi connectivity index (χ3v) is 6.85. The summed E-state index contributed by atoms with van der Waals surface area (Å²) in [6.07, 6.45) is 2.09. The van der Waals surface area contributed by atoms with Crippen LogP contribution in [0.2, 0.25) is 0 Å². The zero-order valence-electron chi connectivity index (χ0n) is 19.7. The van der Waals surface area contributed by atoms with E-state index in [-0.39, 0.29) is 24.1 Å². The van der Waals surface area contributed by atoms with Crippen LogP contribution in [0.1, 0.15) is 27.9 Å². The van der Waals surface area contributed by atoms with Gasteiger partial charge in [0.05, 0.1) is 23.6 Å². The second kappa shape index (κ2) is 10.0. The number of fused-ring (bicyclic) bond motifs is 2. The molecule has 9 heteroatoms. The number of aryl methyl sites for hydroxylation is 2. The maximum Gasteiger partial charge on any atom is 0.234 e. The van der Waals surface area contributed by atoms with Crippen molar-refractivity contribution in [2.75, 3.05) is 11.1 Å². The molecule has 1 amide bonds. The number of thioether (sulfide) groups is 1. The SMILES string of the molecule is Cc1ccc(-c2nc3c(c(SCC(=O)Nc4ccc(F)cc4)n2)Cc2c(CO)cnc(C)c2O3)cc1. The lowest BCUT2D eigenvalue weighted by atomic mass is 9.99. The minimum atomic E-state index is -0.369. The number of carbonyl (C=O) groups is 1. The van der Waals surface area contributed by atoms with Gasteiger partial charge in [0, 0.05) is 35.0 Å². The summed E-state index contributed by atoms with van der Waals surface area (Å²) in [5, 5.41) is 13.2. The molecule has 0 spiro atoms. The monoisotopic (exact) mass is 502 g/mol. The zero-order chi connectivity index (χ0) is 25.2. The Labute approximate surface area is 211 Å². The average molecular weight is 503 g/mol. The normalized spacial score (nSPS) is 11.9. The molecular formula is C27H23FN4O3S. The first-order valence-corrected chi connectivity index (χ1v) is 12.3. The number of carbonyl (C=O) groups excluding carboxylic acids is 1. The van der Waals surface area contributed by atoms with Gasteiger partial charge in [0.15, 0.2) is 11.6 Å².